The number of hydrogen-bond acceptors (Lipinski definition) is 4. The average Bonchev–Trinajstić information content (AvgIpc) is 3.00. The Morgan fingerprint density at radius 1 is 1.56 bits per heavy atom. The topological polar surface area (TPSA) is 78.0 Å². The first kappa shape index (κ1) is 12.4. The van der Waals surface area contributed by atoms with E-state index in [1.807, 2.05) is 0 Å². The zero-order valence-corrected chi connectivity index (χ0v) is 10.3. The first-order valence-corrected chi connectivity index (χ1v) is 6.11. The second-order valence-corrected chi connectivity index (χ2v) is 4.41. The minimum absolute atomic E-state index is 0.0458. The van der Waals surface area contributed by atoms with Gasteiger partial charge in [0.05, 0.1) is 16.4 Å². The smallest absolute Gasteiger partial charge is 0.268 e. The normalized spacial score (nSPS) is 9.61. The van der Waals surface area contributed by atoms with Gasteiger partial charge in [-0.1, -0.05) is 11.8 Å². The van der Waals surface area contributed by atoms with Crippen LogP contribution in [-0.4, -0.2) is 27.6 Å². The molecule has 0 saturated heterocycles. The molecule has 2 rings (SSSR count). The number of H-pyrrole nitrogens is 1. The summed E-state index contributed by atoms with van der Waals surface area (Å²) in [7, 11) is 0. The summed E-state index contributed by atoms with van der Waals surface area (Å²) in [6.07, 6.45) is 3.64. The first-order valence-electron chi connectivity index (χ1n) is 5.30. The number of imidazole rings is 1. The predicted octanol–water partition coefficient (Wildman–Crippen LogP) is 1.46. The van der Waals surface area contributed by atoms with Crippen LogP contribution in [0.2, 0.25) is 0 Å². The summed E-state index contributed by atoms with van der Waals surface area (Å²) in [6.45, 7) is 0.0458. The van der Waals surface area contributed by atoms with Gasteiger partial charge in [-0.2, -0.15) is 0 Å². The Bertz CT molecular complexity index is 578. The van der Waals surface area contributed by atoms with Crippen LogP contribution in [0.3, 0.4) is 0 Å². The highest BCUT2D eigenvalue weighted by Crippen LogP contribution is 2.16. The van der Waals surface area contributed by atoms with Crippen molar-refractivity contribution in [2.45, 2.75) is 6.42 Å². The van der Waals surface area contributed by atoms with Gasteiger partial charge in [-0.05, 0) is 12.1 Å². The second kappa shape index (κ2) is 6.00. The van der Waals surface area contributed by atoms with Crippen LogP contribution >= 0.6 is 11.3 Å². The van der Waals surface area contributed by atoms with Crippen LogP contribution in [0.25, 0.3) is 0 Å². The molecular formula is C12H11N3O2S. The lowest BCUT2D eigenvalue weighted by molar-refractivity contribution is 0.103. The summed E-state index contributed by atoms with van der Waals surface area (Å²) in [5, 5.41) is 11.2. The molecule has 2 aromatic heterocycles. The summed E-state index contributed by atoms with van der Waals surface area (Å²) in [6, 6.07) is 3.50. The highest BCUT2D eigenvalue weighted by molar-refractivity contribution is 7.14. The Kier molecular flexibility index (Phi) is 4.12. The van der Waals surface area contributed by atoms with Gasteiger partial charge >= 0.3 is 0 Å². The largest absolute Gasteiger partial charge is 0.395 e. The molecule has 0 unspecified atom stereocenters. The standard InChI is InChI=1S/C12H11N3O2S/c16-8-2-1-3-9-4-5-10(18-9)11(17)15-12-13-6-7-14-12/h4-7,16H,2,8H2,(H2,13,14,15,17). The number of amides is 1. The maximum atomic E-state index is 11.8. The first-order chi connectivity index (χ1) is 8.79. The number of hydrogen-bond donors (Lipinski definition) is 3. The number of aliphatic hydroxyl groups is 1. The van der Waals surface area contributed by atoms with E-state index < -0.39 is 0 Å². The van der Waals surface area contributed by atoms with E-state index in [-0.39, 0.29) is 12.5 Å². The van der Waals surface area contributed by atoms with E-state index in [9.17, 15) is 4.79 Å². The van der Waals surface area contributed by atoms with Gasteiger partial charge in [0.15, 0.2) is 0 Å². The molecule has 0 atom stereocenters. The Morgan fingerprint density at radius 3 is 3.17 bits per heavy atom. The molecule has 0 aromatic carbocycles. The molecule has 0 bridgehead atoms. The summed E-state index contributed by atoms with van der Waals surface area (Å²) in [4.78, 5) is 19.9. The number of anilines is 1. The van der Waals surface area contributed by atoms with Crippen molar-refractivity contribution in [1.82, 2.24) is 9.97 Å². The van der Waals surface area contributed by atoms with E-state index in [1.54, 1.807) is 24.5 Å². The SMILES string of the molecule is O=C(Nc1ncc[nH]1)c1ccc(C#CCCO)s1. The van der Waals surface area contributed by atoms with Crippen LogP contribution in [0.1, 0.15) is 21.0 Å². The fourth-order valence-corrected chi connectivity index (χ4v) is 2.01. The lowest BCUT2D eigenvalue weighted by atomic mass is 10.4. The molecule has 3 N–H and O–H groups in total. The molecule has 0 aliphatic rings. The van der Waals surface area contributed by atoms with Crippen LogP contribution in [0.5, 0.6) is 0 Å². The molecule has 0 aliphatic heterocycles. The third-order valence-corrected chi connectivity index (χ3v) is 3.01. The lowest BCUT2D eigenvalue weighted by Gasteiger charge is -1.97. The van der Waals surface area contributed by atoms with Crippen LogP contribution in [-0.2, 0) is 0 Å². The molecule has 0 fully saturated rings. The van der Waals surface area contributed by atoms with Crippen LogP contribution in [0.4, 0.5) is 5.95 Å². The summed E-state index contributed by atoms with van der Waals surface area (Å²) >= 11 is 1.30. The molecule has 2 aromatic rings. The molecule has 5 nitrogen and oxygen atoms in total. The molecule has 92 valence electrons. The molecule has 0 spiro atoms. The predicted molar refractivity (Wildman–Crippen MR) is 69.4 cm³/mol. The van der Waals surface area contributed by atoms with Crippen molar-refractivity contribution in [1.29, 1.82) is 0 Å². The molecular weight excluding hydrogens is 250 g/mol. The number of aliphatic hydroxyl groups excluding tert-OH is 1. The number of aromatic nitrogens is 2. The fourth-order valence-electron chi connectivity index (χ4n) is 1.24. The summed E-state index contributed by atoms with van der Waals surface area (Å²) in [5.41, 5.74) is 0. The van der Waals surface area contributed by atoms with Crippen LogP contribution in [0.15, 0.2) is 24.5 Å². The van der Waals surface area contributed by atoms with E-state index in [0.717, 1.165) is 4.88 Å². The zero-order chi connectivity index (χ0) is 12.8. The van der Waals surface area contributed by atoms with Gasteiger partial charge in [0.1, 0.15) is 0 Å². The van der Waals surface area contributed by atoms with Gasteiger partial charge in [0.2, 0.25) is 5.95 Å². The Labute approximate surface area is 108 Å². The Morgan fingerprint density at radius 2 is 2.44 bits per heavy atom. The molecule has 2 heterocycles. The molecule has 1 amide bonds. The maximum Gasteiger partial charge on any atom is 0.268 e. The van der Waals surface area contributed by atoms with Gasteiger partial charge < -0.3 is 10.1 Å². The van der Waals surface area contributed by atoms with Gasteiger partial charge in [0, 0.05) is 18.8 Å². The molecule has 0 saturated carbocycles. The minimum Gasteiger partial charge on any atom is -0.395 e. The van der Waals surface area contributed by atoms with E-state index in [4.69, 9.17) is 5.11 Å². The number of nitrogens with zero attached hydrogens (tertiary/aromatic N) is 1. The van der Waals surface area contributed by atoms with Crippen molar-refractivity contribution in [3.8, 4) is 11.8 Å². The van der Waals surface area contributed by atoms with E-state index in [2.05, 4.69) is 27.1 Å². The van der Waals surface area contributed by atoms with Crippen molar-refractivity contribution in [3.63, 3.8) is 0 Å². The van der Waals surface area contributed by atoms with Gasteiger partial charge in [0.25, 0.3) is 5.91 Å². The monoisotopic (exact) mass is 261 g/mol. The minimum atomic E-state index is -0.217. The van der Waals surface area contributed by atoms with Crippen molar-refractivity contribution in [2.24, 2.45) is 0 Å². The Hall–Kier alpha value is -2.10. The highest BCUT2D eigenvalue weighted by atomic mass is 32.1. The lowest BCUT2D eigenvalue weighted by Crippen LogP contribution is -2.11. The molecule has 0 aliphatic carbocycles. The molecule has 0 radical (unpaired) electrons. The van der Waals surface area contributed by atoms with Crippen molar-refractivity contribution >= 4 is 23.2 Å². The second-order valence-electron chi connectivity index (χ2n) is 3.33. The summed E-state index contributed by atoms with van der Waals surface area (Å²) < 4.78 is 0. The third kappa shape index (κ3) is 3.20. The highest BCUT2D eigenvalue weighted by Gasteiger charge is 2.09. The quantitative estimate of drug-likeness (QED) is 0.732. The van der Waals surface area contributed by atoms with E-state index in [1.165, 1.54) is 11.3 Å². The van der Waals surface area contributed by atoms with Crippen molar-refractivity contribution in [2.75, 3.05) is 11.9 Å². The van der Waals surface area contributed by atoms with Gasteiger partial charge in [-0.15, -0.1) is 11.3 Å². The fraction of sp³-hybridized carbons (Fsp3) is 0.167. The number of carbonyl (C=O) groups excluding carboxylic acids is 1. The molecule has 6 heteroatoms. The van der Waals surface area contributed by atoms with Crippen LogP contribution in [0, 0.1) is 11.8 Å². The van der Waals surface area contributed by atoms with E-state index >= 15 is 0 Å². The molecule has 18 heavy (non-hydrogen) atoms. The number of carbonyl (C=O) groups is 1. The van der Waals surface area contributed by atoms with Gasteiger partial charge in [-0.25, -0.2) is 4.98 Å². The van der Waals surface area contributed by atoms with Crippen molar-refractivity contribution in [3.05, 3.63) is 34.3 Å². The number of aromatic amines is 1. The Balaban J connectivity index is 2.02. The third-order valence-electron chi connectivity index (χ3n) is 2.01. The zero-order valence-electron chi connectivity index (χ0n) is 9.43. The van der Waals surface area contributed by atoms with Crippen LogP contribution < -0.4 is 5.32 Å². The maximum absolute atomic E-state index is 11.8. The number of nitrogens with one attached hydrogen (secondary N) is 2. The van der Waals surface area contributed by atoms with Gasteiger partial charge in [-0.3, -0.25) is 10.1 Å². The summed E-state index contributed by atoms with van der Waals surface area (Å²) in [5.74, 6) is 5.89. The average molecular weight is 261 g/mol. The number of rotatable bonds is 3. The van der Waals surface area contributed by atoms with Crippen molar-refractivity contribution < 1.29 is 9.90 Å². The van der Waals surface area contributed by atoms with E-state index in [0.29, 0.717) is 17.2 Å². The number of thiophene rings is 1.